The minimum atomic E-state index is -0.393. The Balaban J connectivity index is 1.69. The molecule has 7 heteroatoms. The Morgan fingerprint density at radius 2 is 2.04 bits per heavy atom. The number of aliphatic hydroxyl groups excluding tert-OH is 1. The monoisotopic (exact) mass is 353 g/mol. The highest BCUT2D eigenvalue weighted by atomic mass is 16.3. The van der Waals surface area contributed by atoms with E-state index in [9.17, 15) is 10.2 Å². The highest BCUT2D eigenvalue weighted by Gasteiger charge is 2.24. The molecule has 2 atom stereocenters. The number of nitrogens with one attached hydrogen (secondary N) is 3. The smallest absolute Gasteiger partial charge is 0.225 e. The summed E-state index contributed by atoms with van der Waals surface area (Å²) in [6, 6.07) is 7.88. The fraction of sp³-hybridized carbons (Fsp3) is 0.368. The van der Waals surface area contributed by atoms with Crippen molar-refractivity contribution in [3.8, 4) is 5.88 Å². The Bertz CT molecular complexity index is 923. The van der Waals surface area contributed by atoms with E-state index in [1.165, 1.54) is 0 Å². The summed E-state index contributed by atoms with van der Waals surface area (Å²) in [5.74, 6) is 0.990. The van der Waals surface area contributed by atoms with Gasteiger partial charge in [0.25, 0.3) is 0 Å². The molecule has 1 fully saturated rings. The zero-order valence-corrected chi connectivity index (χ0v) is 14.7. The maximum absolute atomic E-state index is 10.2. The van der Waals surface area contributed by atoms with E-state index in [4.69, 9.17) is 0 Å². The largest absolute Gasteiger partial charge is 0.494 e. The van der Waals surface area contributed by atoms with Gasteiger partial charge in [-0.3, -0.25) is 0 Å². The van der Waals surface area contributed by atoms with Gasteiger partial charge in [0.05, 0.1) is 17.7 Å². The van der Waals surface area contributed by atoms with E-state index in [1.54, 1.807) is 6.20 Å². The first-order valence-corrected chi connectivity index (χ1v) is 8.96. The third-order valence-electron chi connectivity index (χ3n) is 4.84. The van der Waals surface area contributed by atoms with E-state index in [0.717, 1.165) is 36.9 Å². The predicted molar refractivity (Wildman–Crippen MR) is 102 cm³/mol. The van der Waals surface area contributed by atoms with Gasteiger partial charge < -0.3 is 25.8 Å². The molecule has 136 valence electrons. The van der Waals surface area contributed by atoms with Crippen LogP contribution >= 0.6 is 0 Å². The number of anilines is 3. The van der Waals surface area contributed by atoms with Crippen LogP contribution in [0, 0.1) is 6.92 Å². The molecule has 1 aromatic carbocycles. The number of rotatable bonds is 4. The molecule has 2 aromatic heterocycles. The number of benzene rings is 1. The van der Waals surface area contributed by atoms with Gasteiger partial charge in [-0.1, -0.05) is 25.0 Å². The highest BCUT2D eigenvalue weighted by Crippen LogP contribution is 2.32. The Hall–Kier alpha value is -2.80. The number of hydrogen-bond donors (Lipinski definition) is 5. The van der Waals surface area contributed by atoms with Gasteiger partial charge >= 0.3 is 0 Å². The second-order valence-corrected chi connectivity index (χ2v) is 6.89. The summed E-state index contributed by atoms with van der Waals surface area (Å²) in [6.45, 7) is 2.02. The molecule has 2 heterocycles. The van der Waals surface area contributed by atoms with E-state index in [1.807, 2.05) is 31.2 Å². The molecule has 26 heavy (non-hydrogen) atoms. The van der Waals surface area contributed by atoms with E-state index >= 15 is 0 Å². The Labute approximate surface area is 151 Å². The molecular weight excluding hydrogens is 330 g/mol. The van der Waals surface area contributed by atoms with Crippen LogP contribution in [0.2, 0.25) is 0 Å². The first-order chi connectivity index (χ1) is 12.6. The summed E-state index contributed by atoms with van der Waals surface area (Å²) in [4.78, 5) is 11.8. The summed E-state index contributed by atoms with van der Waals surface area (Å²) in [5.41, 5.74) is 2.62. The van der Waals surface area contributed by atoms with E-state index < -0.39 is 6.10 Å². The molecule has 0 amide bonds. The van der Waals surface area contributed by atoms with E-state index in [2.05, 4.69) is 25.6 Å². The van der Waals surface area contributed by atoms with Crippen molar-refractivity contribution in [2.45, 2.75) is 44.8 Å². The SMILES string of the molecule is Cc1cccc(Nc2nc(NC3CCCC[C@@H]3O)nc3c[nH]c(O)c23)c1. The Morgan fingerprint density at radius 1 is 1.19 bits per heavy atom. The lowest BCUT2D eigenvalue weighted by Crippen LogP contribution is -2.36. The molecule has 0 aliphatic heterocycles. The second kappa shape index (κ2) is 6.84. The number of fused-ring (bicyclic) bond motifs is 1. The van der Waals surface area contributed by atoms with Crippen LogP contribution < -0.4 is 10.6 Å². The van der Waals surface area contributed by atoms with Crippen molar-refractivity contribution >= 4 is 28.4 Å². The first-order valence-electron chi connectivity index (χ1n) is 8.96. The van der Waals surface area contributed by atoms with E-state index in [-0.39, 0.29) is 11.9 Å². The minimum Gasteiger partial charge on any atom is -0.494 e. The maximum atomic E-state index is 10.2. The maximum Gasteiger partial charge on any atom is 0.225 e. The standard InChI is InChI=1S/C19H23N5O2/c1-11-5-4-6-12(9-11)21-17-16-14(10-20-18(16)26)23-19(24-17)22-13-7-2-3-8-15(13)25/h4-6,9-10,13,15,20,25-26H,2-3,7-8H2,1H3,(H2,21,22,23,24)/t13?,15-/m0/s1. The normalized spacial score (nSPS) is 20.2. The van der Waals surface area contributed by atoms with Crippen LogP contribution in [0.5, 0.6) is 5.88 Å². The van der Waals surface area contributed by atoms with Gasteiger partial charge in [0.1, 0.15) is 11.2 Å². The molecule has 1 aliphatic carbocycles. The topological polar surface area (TPSA) is 106 Å². The molecule has 0 saturated heterocycles. The number of aliphatic hydroxyl groups is 1. The second-order valence-electron chi connectivity index (χ2n) is 6.89. The highest BCUT2D eigenvalue weighted by molar-refractivity contribution is 5.96. The van der Waals surface area contributed by atoms with Gasteiger partial charge in [-0.15, -0.1) is 0 Å². The molecule has 0 spiro atoms. The lowest BCUT2D eigenvalue weighted by molar-refractivity contribution is 0.116. The molecule has 1 saturated carbocycles. The number of nitrogens with zero attached hydrogens (tertiary/aromatic N) is 2. The molecule has 3 aromatic rings. The van der Waals surface area contributed by atoms with Gasteiger partial charge in [-0.2, -0.15) is 4.98 Å². The average molecular weight is 353 g/mol. The molecule has 0 bridgehead atoms. The fourth-order valence-corrected chi connectivity index (χ4v) is 3.48. The van der Waals surface area contributed by atoms with Crippen LogP contribution in [0.25, 0.3) is 10.9 Å². The summed E-state index contributed by atoms with van der Waals surface area (Å²) in [5, 5.41) is 27.4. The molecule has 4 rings (SSSR count). The molecule has 1 aliphatic rings. The van der Waals surface area contributed by atoms with Gasteiger partial charge in [0.2, 0.25) is 11.8 Å². The molecular formula is C19H23N5O2. The van der Waals surface area contributed by atoms with Crippen molar-refractivity contribution in [2.24, 2.45) is 0 Å². The lowest BCUT2D eigenvalue weighted by atomic mass is 9.93. The summed E-state index contributed by atoms with van der Waals surface area (Å²) < 4.78 is 0. The molecule has 1 unspecified atom stereocenters. The first kappa shape index (κ1) is 16.7. The number of aromatic amines is 1. The van der Waals surface area contributed by atoms with Crippen LogP contribution in [0.1, 0.15) is 31.2 Å². The number of aryl methyl sites for hydroxylation is 1. The van der Waals surface area contributed by atoms with Crippen molar-refractivity contribution in [3.05, 3.63) is 36.0 Å². The van der Waals surface area contributed by atoms with Gasteiger partial charge in [0.15, 0.2) is 0 Å². The van der Waals surface area contributed by atoms with Crippen molar-refractivity contribution < 1.29 is 10.2 Å². The Morgan fingerprint density at radius 3 is 2.85 bits per heavy atom. The zero-order chi connectivity index (χ0) is 18.1. The van der Waals surface area contributed by atoms with Crippen LogP contribution in [-0.4, -0.2) is 37.3 Å². The number of aromatic nitrogens is 3. The molecule has 5 N–H and O–H groups in total. The molecule has 0 radical (unpaired) electrons. The van der Waals surface area contributed by atoms with Gasteiger partial charge in [-0.25, -0.2) is 4.98 Å². The van der Waals surface area contributed by atoms with Crippen LogP contribution in [0.4, 0.5) is 17.5 Å². The lowest BCUT2D eigenvalue weighted by Gasteiger charge is -2.28. The average Bonchev–Trinajstić information content (AvgIpc) is 2.98. The van der Waals surface area contributed by atoms with Gasteiger partial charge in [0, 0.05) is 11.9 Å². The predicted octanol–water partition coefficient (Wildman–Crippen LogP) is 3.43. The number of aromatic hydroxyl groups is 1. The third-order valence-corrected chi connectivity index (χ3v) is 4.84. The Kier molecular flexibility index (Phi) is 4.38. The number of H-pyrrole nitrogens is 1. The number of hydrogen-bond acceptors (Lipinski definition) is 6. The quantitative estimate of drug-likeness (QED) is 0.492. The summed E-state index contributed by atoms with van der Waals surface area (Å²) in [7, 11) is 0. The van der Waals surface area contributed by atoms with Crippen LogP contribution in [-0.2, 0) is 0 Å². The fourth-order valence-electron chi connectivity index (χ4n) is 3.48. The van der Waals surface area contributed by atoms with Crippen molar-refractivity contribution in [1.29, 1.82) is 0 Å². The summed E-state index contributed by atoms with van der Waals surface area (Å²) >= 11 is 0. The van der Waals surface area contributed by atoms with Crippen LogP contribution in [0.3, 0.4) is 0 Å². The third kappa shape index (κ3) is 3.30. The molecule has 7 nitrogen and oxygen atoms in total. The van der Waals surface area contributed by atoms with Gasteiger partial charge in [-0.05, 0) is 37.5 Å². The van der Waals surface area contributed by atoms with E-state index in [0.29, 0.717) is 22.7 Å². The van der Waals surface area contributed by atoms with Crippen molar-refractivity contribution in [3.63, 3.8) is 0 Å². The summed E-state index contributed by atoms with van der Waals surface area (Å²) in [6.07, 6.45) is 5.06. The minimum absolute atomic E-state index is 0.0272. The van der Waals surface area contributed by atoms with Crippen LogP contribution in [0.15, 0.2) is 30.5 Å². The van der Waals surface area contributed by atoms with Crippen molar-refractivity contribution in [2.75, 3.05) is 10.6 Å². The van der Waals surface area contributed by atoms with Crippen molar-refractivity contribution in [1.82, 2.24) is 15.0 Å². The zero-order valence-electron chi connectivity index (χ0n) is 14.7.